The van der Waals surface area contributed by atoms with Gasteiger partial charge in [-0.1, -0.05) is 18.2 Å². The molecule has 5 N–H and O–H groups in total. The van der Waals surface area contributed by atoms with Gasteiger partial charge < -0.3 is 16.5 Å². The third kappa shape index (κ3) is 3.31. The van der Waals surface area contributed by atoms with Crippen LogP contribution in [0.25, 0.3) is 22.2 Å². The number of fused-ring (bicyclic) bond motifs is 1. The minimum Gasteiger partial charge on any atom is -0.370 e. The number of nitrogens with two attached hydrogens (primary N) is 2. The Labute approximate surface area is 134 Å². The summed E-state index contributed by atoms with van der Waals surface area (Å²) < 4.78 is 0. The van der Waals surface area contributed by atoms with E-state index in [0.29, 0.717) is 6.54 Å². The topological polar surface area (TPSA) is 106 Å². The molecule has 0 bridgehead atoms. The lowest BCUT2D eigenvalue weighted by Crippen LogP contribution is -2.23. The monoisotopic (exact) mass is 308 g/mol. The molecule has 0 aliphatic heterocycles. The van der Waals surface area contributed by atoms with Gasteiger partial charge in [0.25, 0.3) is 0 Å². The zero-order valence-electron chi connectivity index (χ0n) is 13.1. The number of nitrogens with one attached hydrogen (secondary N) is 1. The molecule has 0 amide bonds. The van der Waals surface area contributed by atoms with E-state index in [2.05, 4.69) is 27.1 Å². The Morgan fingerprint density at radius 3 is 2.91 bits per heavy atom. The normalized spacial score (nSPS) is 10.8. The second-order valence-corrected chi connectivity index (χ2v) is 5.45. The van der Waals surface area contributed by atoms with Crippen molar-refractivity contribution in [1.29, 1.82) is 0 Å². The van der Waals surface area contributed by atoms with Crippen molar-refractivity contribution in [1.82, 2.24) is 15.0 Å². The van der Waals surface area contributed by atoms with Gasteiger partial charge in [0.1, 0.15) is 0 Å². The molecule has 2 heterocycles. The highest BCUT2D eigenvalue weighted by atomic mass is 15.0. The van der Waals surface area contributed by atoms with Crippen molar-refractivity contribution in [2.75, 3.05) is 6.54 Å². The van der Waals surface area contributed by atoms with Crippen molar-refractivity contribution in [2.24, 2.45) is 16.5 Å². The average Bonchev–Trinajstić information content (AvgIpc) is 2.97. The van der Waals surface area contributed by atoms with Gasteiger partial charge in [0, 0.05) is 29.2 Å². The van der Waals surface area contributed by atoms with Crippen molar-refractivity contribution in [3.63, 3.8) is 0 Å². The van der Waals surface area contributed by atoms with Crippen LogP contribution in [0.4, 0.5) is 0 Å². The van der Waals surface area contributed by atoms with Gasteiger partial charge in [0.15, 0.2) is 5.96 Å². The van der Waals surface area contributed by atoms with Crippen LogP contribution in [0.1, 0.15) is 17.8 Å². The number of aromatic nitrogens is 3. The van der Waals surface area contributed by atoms with E-state index in [4.69, 9.17) is 16.5 Å². The average molecular weight is 308 g/mol. The number of H-pyrrole nitrogens is 1. The smallest absolute Gasteiger partial charge is 0.185 e. The van der Waals surface area contributed by atoms with E-state index in [1.54, 1.807) is 0 Å². The molecule has 118 valence electrons. The number of aryl methyl sites for hydroxylation is 2. The summed E-state index contributed by atoms with van der Waals surface area (Å²) in [6.07, 6.45) is 5.44. The maximum absolute atomic E-state index is 5.34. The minimum atomic E-state index is 0.125. The predicted molar refractivity (Wildman–Crippen MR) is 93.1 cm³/mol. The fraction of sp³-hybridized carbons (Fsp3) is 0.235. The molecule has 0 radical (unpaired) electrons. The first-order valence-electron chi connectivity index (χ1n) is 7.59. The number of guanidine groups is 1. The summed E-state index contributed by atoms with van der Waals surface area (Å²) in [7, 11) is 0. The summed E-state index contributed by atoms with van der Waals surface area (Å²) in [5, 5.41) is 1.15. The van der Waals surface area contributed by atoms with E-state index in [9.17, 15) is 0 Å². The summed E-state index contributed by atoms with van der Waals surface area (Å²) in [4.78, 5) is 16.6. The van der Waals surface area contributed by atoms with E-state index in [0.717, 1.165) is 46.4 Å². The molecule has 0 aliphatic rings. The van der Waals surface area contributed by atoms with Gasteiger partial charge in [-0.2, -0.15) is 0 Å². The quantitative estimate of drug-likeness (QED) is 0.381. The number of nitrogens with zero attached hydrogens (tertiary/aromatic N) is 3. The Bertz CT molecular complexity index is 845. The van der Waals surface area contributed by atoms with Crippen molar-refractivity contribution in [3.05, 3.63) is 48.0 Å². The molecule has 0 fully saturated rings. The standard InChI is InChI=1S/C17H20N6/c1-11-14(7-4-8-20-17(18)19)23-16(10-21-11)13-9-22-15-6-3-2-5-12(13)15/h2-3,5-6,9-10,22H,4,7-8H2,1H3,(H4,18,19,20). The highest BCUT2D eigenvalue weighted by Crippen LogP contribution is 2.27. The van der Waals surface area contributed by atoms with Crippen LogP contribution in [0.15, 0.2) is 41.7 Å². The number of para-hydroxylation sites is 1. The molecule has 0 aliphatic carbocycles. The molecule has 6 nitrogen and oxygen atoms in total. The second kappa shape index (κ2) is 6.48. The van der Waals surface area contributed by atoms with Gasteiger partial charge in [0.05, 0.1) is 23.3 Å². The van der Waals surface area contributed by atoms with Crippen LogP contribution < -0.4 is 11.5 Å². The Hall–Kier alpha value is -2.89. The first-order chi connectivity index (χ1) is 11.1. The molecule has 3 rings (SSSR count). The highest BCUT2D eigenvalue weighted by Gasteiger charge is 2.10. The van der Waals surface area contributed by atoms with Crippen LogP contribution in [0.2, 0.25) is 0 Å². The fourth-order valence-electron chi connectivity index (χ4n) is 2.59. The Morgan fingerprint density at radius 1 is 1.26 bits per heavy atom. The molecule has 1 aromatic carbocycles. The van der Waals surface area contributed by atoms with Crippen LogP contribution in [-0.4, -0.2) is 27.5 Å². The number of hydrogen-bond acceptors (Lipinski definition) is 3. The minimum absolute atomic E-state index is 0.125. The van der Waals surface area contributed by atoms with E-state index in [-0.39, 0.29) is 5.96 Å². The lowest BCUT2D eigenvalue weighted by atomic mass is 10.1. The molecular formula is C17H20N6. The Morgan fingerprint density at radius 2 is 2.09 bits per heavy atom. The zero-order valence-corrected chi connectivity index (χ0v) is 13.1. The third-order valence-corrected chi connectivity index (χ3v) is 3.78. The first kappa shape index (κ1) is 15.0. The lowest BCUT2D eigenvalue weighted by Gasteiger charge is -2.06. The van der Waals surface area contributed by atoms with Crippen molar-refractivity contribution in [3.8, 4) is 11.3 Å². The molecule has 3 aromatic rings. The van der Waals surface area contributed by atoms with Crippen LogP contribution in [-0.2, 0) is 6.42 Å². The van der Waals surface area contributed by atoms with Gasteiger partial charge in [-0.05, 0) is 25.8 Å². The summed E-state index contributed by atoms with van der Waals surface area (Å²) in [6, 6.07) is 8.17. The zero-order chi connectivity index (χ0) is 16.2. The summed E-state index contributed by atoms with van der Waals surface area (Å²) in [6.45, 7) is 2.57. The number of aliphatic imine (C=N–C) groups is 1. The van der Waals surface area contributed by atoms with Crippen LogP contribution in [0, 0.1) is 6.92 Å². The molecule has 0 saturated heterocycles. The Balaban J connectivity index is 1.86. The SMILES string of the molecule is Cc1ncc(-c2c[nH]c3ccccc23)nc1CCCN=C(N)N. The third-order valence-electron chi connectivity index (χ3n) is 3.78. The van der Waals surface area contributed by atoms with Gasteiger partial charge in [-0.3, -0.25) is 9.98 Å². The molecule has 0 unspecified atom stereocenters. The second-order valence-electron chi connectivity index (χ2n) is 5.45. The van der Waals surface area contributed by atoms with Crippen LogP contribution in [0.3, 0.4) is 0 Å². The van der Waals surface area contributed by atoms with E-state index >= 15 is 0 Å². The van der Waals surface area contributed by atoms with Crippen LogP contribution >= 0.6 is 0 Å². The molecule has 0 atom stereocenters. The molecule has 0 spiro atoms. The predicted octanol–water partition coefficient (Wildman–Crippen LogP) is 2.14. The maximum Gasteiger partial charge on any atom is 0.185 e. The molecule has 0 saturated carbocycles. The van der Waals surface area contributed by atoms with Crippen molar-refractivity contribution >= 4 is 16.9 Å². The molecule has 23 heavy (non-hydrogen) atoms. The van der Waals surface area contributed by atoms with Gasteiger partial charge in [0.2, 0.25) is 0 Å². The molecule has 6 heteroatoms. The largest absolute Gasteiger partial charge is 0.370 e. The molecular weight excluding hydrogens is 288 g/mol. The van der Waals surface area contributed by atoms with Crippen LogP contribution in [0.5, 0.6) is 0 Å². The van der Waals surface area contributed by atoms with E-state index < -0.39 is 0 Å². The van der Waals surface area contributed by atoms with Crippen molar-refractivity contribution < 1.29 is 0 Å². The van der Waals surface area contributed by atoms with E-state index in [1.807, 2.05) is 31.5 Å². The summed E-state index contributed by atoms with van der Waals surface area (Å²) in [5.74, 6) is 0.125. The summed E-state index contributed by atoms with van der Waals surface area (Å²) >= 11 is 0. The van der Waals surface area contributed by atoms with E-state index in [1.165, 1.54) is 0 Å². The fourth-order valence-corrected chi connectivity index (χ4v) is 2.59. The summed E-state index contributed by atoms with van der Waals surface area (Å²) in [5.41, 5.74) is 15.7. The number of benzene rings is 1. The van der Waals surface area contributed by atoms with Crippen molar-refractivity contribution in [2.45, 2.75) is 19.8 Å². The van der Waals surface area contributed by atoms with Gasteiger partial charge >= 0.3 is 0 Å². The number of rotatable bonds is 5. The Kier molecular flexibility index (Phi) is 4.23. The maximum atomic E-state index is 5.34. The van der Waals surface area contributed by atoms with Gasteiger partial charge in [-0.15, -0.1) is 0 Å². The number of aromatic amines is 1. The first-order valence-corrected chi connectivity index (χ1v) is 7.59. The highest BCUT2D eigenvalue weighted by molar-refractivity contribution is 5.94. The van der Waals surface area contributed by atoms with Gasteiger partial charge in [-0.25, -0.2) is 4.98 Å². The molecule has 2 aromatic heterocycles. The number of hydrogen-bond donors (Lipinski definition) is 3. The lowest BCUT2D eigenvalue weighted by molar-refractivity contribution is 0.795.